The highest BCUT2D eigenvalue weighted by Crippen LogP contribution is 2.18. The molecule has 0 fully saturated rings. The van der Waals surface area contributed by atoms with E-state index in [1.165, 1.54) is 0 Å². The number of nitrogens with zero attached hydrogens (tertiary/aromatic N) is 1. The fraction of sp³-hybridized carbons (Fsp3) is 0.429. The third-order valence-corrected chi connectivity index (χ3v) is 2.58. The molecular formula is C14H19N3O. The third-order valence-electron chi connectivity index (χ3n) is 2.58. The summed E-state index contributed by atoms with van der Waals surface area (Å²) in [6.45, 7) is 6.60. The van der Waals surface area contributed by atoms with Gasteiger partial charge in [0.2, 0.25) is 5.91 Å². The molecule has 0 atom stereocenters. The zero-order valence-corrected chi connectivity index (χ0v) is 11.1. The van der Waals surface area contributed by atoms with Crippen LogP contribution in [0.1, 0.15) is 33.0 Å². The number of carbonyl (C=O) groups is 1. The molecule has 2 N–H and O–H groups in total. The second-order valence-corrected chi connectivity index (χ2v) is 5.71. The van der Waals surface area contributed by atoms with E-state index in [-0.39, 0.29) is 11.3 Å². The predicted molar refractivity (Wildman–Crippen MR) is 72.0 cm³/mol. The van der Waals surface area contributed by atoms with Crippen LogP contribution in [0.2, 0.25) is 0 Å². The minimum Gasteiger partial charge on any atom is -0.349 e. The van der Waals surface area contributed by atoms with Crippen molar-refractivity contribution < 1.29 is 4.79 Å². The number of imidazole rings is 1. The molecule has 18 heavy (non-hydrogen) atoms. The number of hydrogen-bond donors (Lipinski definition) is 2. The summed E-state index contributed by atoms with van der Waals surface area (Å²) in [5, 5.41) is 2.88. The first kappa shape index (κ1) is 12.6. The molecule has 0 aliphatic heterocycles. The molecule has 1 aromatic carbocycles. The average Bonchev–Trinajstić information content (AvgIpc) is 2.66. The number of aromatic amines is 1. The molecule has 2 rings (SSSR count). The van der Waals surface area contributed by atoms with Crippen LogP contribution in [0.15, 0.2) is 24.3 Å². The van der Waals surface area contributed by atoms with Crippen LogP contribution < -0.4 is 5.32 Å². The van der Waals surface area contributed by atoms with Crippen LogP contribution in [0.5, 0.6) is 0 Å². The van der Waals surface area contributed by atoms with Gasteiger partial charge in [-0.2, -0.15) is 0 Å². The van der Waals surface area contributed by atoms with Gasteiger partial charge in [0.1, 0.15) is 5.82 Å². The molecule has 1 aromatic heterocycles. The van der Waals surface area contributed by atoms with Gasteiger partial charge in [-0.05, 0) is 17.5 Å². The summed E-state index contributed by atoms with van der Waals surface area (Å²) < 4.78 is 0. The van der Waals surface area contributed by atoms with E-state index in [0.29, 0.717) is 13.0 Å². The van der Waals surface area contributed by atoms with Crippen molar-refractivity contribution in [3.05, 3.63) is 30.1 Å². The Morgan fingerprint density at radius 3 is 2.72 bits per heavy atom. The van der Waals surface area contributed by atoms with Crippen LogP contribution in [0.4, 0.5) is 0 Å². The van der Waals surface area contributed by atoms with Crippen molar-refractivity contribution in [2.75, 3.05) is 0 Å². The lowest BCUT2D eigenvalue weighted by molar-refractivity contribution is -0.123. The normalized spacial score (nSPS) is 11.7. The van der Waals surface area contributed by atoms with Crippen molar-refractivity contribution in [3.63, 3.8) is 0 Å². The first-order valence-electron chi connectivity index (χ1n) is 6.14. The van der Waals surface area contributed by atoms with Crippen molar-refractivity contribution in [1.29, 1.82) is 0 Å². The topological polar surface area (TPSA) is 57.8 Å². The zero-order chi connectivity index (χ0) is 13.2. The molecular weight excluding hydrogens is 226 g/mol. The number of rotatable bonds is 3. The van der Waals surface area contributed by atoms with Crippen LogP contribution in [0, 0.1) is 5.41 Å². The predicted octanol–water partition coefficient (Wildman–Crippen LogP) is 2.62. The maximum Gasteiger partial charge on any atom is 0.220 e. The lowest BCUT2D eigenvalue weighted by Gasteiger charge is -2.16. The first-order chi connectivity index (χ1) is 8.44. The number of carbonyl (C=O) groups excluding carboxylic acids is 1. The van der Waals surface area contributed by atoms with E-state index in [1.807, 2.05) is 45.0 Å². The van der Waals surface area contributed by atoms with E-state index in [0.717, 1.165) is 16.9 Å². The third kappa shape index (κ3) is 3.32. The molecule has 4 heteroatoms. The van der Waals surface area contributed by atoms with E-state index in [9.17, 15) is 4.79 Å². The number of amides is 1. The van der Waals surface area contributed by atoms with Crippen molar-refractivity contribution in [2.45, 2.75) is 33.7 Å². The molecule has 0 saturated carbocycles. The van der Waals surface area contributed by atoms with Gasteiger partial charge in [-0.15, -0.1) is 0 Å². The quantitative estimate of drug-likeness (QED) is 0.873. The summed E-state index contributed by atoms with van der Waals surface area (Å²) in [5.74, 6) is 0.849. The fourth-order valence-electron chi connectivity index (χ4n) is 1.82. The van der Waals surface area contributed by atoms with Gasteiger partial charge in [0.05, 0.1) is 17.6 Å². The van der Waals surface area contributed by atoms with Gasteiger partial charge in [-0.1, -0.05) is 32.9 Å². The molecule has 4 nitrogen and oxygen atoms in total. The van der Waals surface area contributed by atoms with E-state index < -0.39 is 0 Å². The SMILES string of the molecule is CC(C)(C)CC(=O)NCc1nc2ccccc2[nH]1. The number of aromatic nitrogens is 2. The molecule has 2 aromatic rings. The molecule has 0 aliphatic rings. The highest BCUT2D eigenvalue weighted by molar-refractivity contribution is 5.77. The van der Waals surface area contributed by atoms with Gasteiger partial charge in [-0.25, -0.2) is 4.98 Å². The van der Waals surface area contributed by atoms with Crippen molar-refractivity contribution in [3.8, 4) is 0 Å². The summed E-state index contributed by atoms with van der Waals surface area (Å²) in [7, 11) is 0. The summed E-state index contributed by atoms with van der Waals surface area (Å²) in [5.41, 5.74) is 1.94. The lowest BCUT2D eigenvalue weighted by Crippen LogP contribution is -2.27. The fourth-order valence-corrected chi connectivity index (χ4v) is 1.82. The standard InChI is InChI=1S/C14H19N3O/c1-14(2,3)8-13(18)15-9-12-16-10-6-4-5-7-11(10)17-12/h4-7H,8-9H2,1-3H3,(H,15,18)(H,16,17). The maximum atomic E-state index is 11.7. The smallest absolute Gasteiger partial charge is 0.220 e. The van der Waals surface area contributed by atoms with Gasteiger partial charge < -0.3 is 10.3 Å². The van der Waals surface area contributed by atoms with E-state index >= 15 is 0 Å². The summed E-state index contributed by atoms with van der Waals surface area (Å²) in [6, 6.07) is 7.84. The number of fused-ring (bicyclic) bond motifs is 1. The molecule has 0 unspecified atom stereocenters. The van der Waals surface area contributed by atoms with E-state index in [2.05, 4.69) is 15.3 Å². The monoisotopic (exact) mass is 245 g/mol. The van der Waals surface area contributed by atoms with Crippen LogP contribution >= 0.6 is 0 Å². The summed E-state index contributed by atoms with van der Waals surface area (Å²) >= 11 is 0. The molecule has 1 amide bonds. The zero-order valence-electron chi connectivity index (χ0n) is 11.1. The molecule has 0 spiro atoms. The number of hydrogen-bond acceptors (Lipinski definition) is 2. The molecule has 0 saturated heterocycles. The summed E-state index contributed by atoms with van der Waals surface area (Å²) in [6.07, 6.45) is 0.521. The van der Waals surface area contributed by atoms with Gasteiger partial charge in [0.25, 0.3) is 0 Å². The van der Waals surface area contributed by atoms with Gasteiger partial charge in [-0.3, -0.25) is 4.79 Å². The highest BCUT2D eigenvalue weighted by Gasteiger charge is 2.15. The van der Waals surface area contributed by atoms with Crippen LogP contribution in [0.3, 0.4) is 0 Å². The van der Waals surface area contributed by atoms with Crippen molar-refractivity contribution in [1.82, 2.24) is 15.3 Å². The second kappa shape index (κ2) is 4.80. The maximum absolute atomic E-state index is 11.7. The number of benzene rings is 1. The largest absolute Gasteiger partial charge is 0.349 e. The Bertz CT molecular complexity index is 518. The van der Waals surface area contributed by atoms with E-state index in [4.69, 9.17) is 0 Å². The van der Waals surface area contributed by atoms with Crippen LogP contribution in [-0.4, -0.2) is 15.9 Å². The average molecular weight is 245 g/mol. The molecule has 0 radical (unpaired) electrons. The minimum atomic E-state index is 0.0119. The Kier molecular flexibility index (Phi) is 3.36. The van der Waals surface area contributed by atoms with E-state index in [1.54, 1.807) is 0 Å². The lowest BCUT2D eigenvalue weighted by atomic mass is 9.92. The van der Waals surface area contributed by atoms with Gasteiger partial charge in [0.15, 0.2) is 0 Å². The first-order valence-corrected chi connectivity index (χ1v) is 6.14. The Morgan fingerprint density at radius 2 is 2.06 bits per heavy atom. The van der Waals surface area contributed by atoms with Crippen molar-refractivity contribution >= 4 is 16.9 Å². The van der Waals surface area contributed by atoms with Crippen LogP contribution in [-0.2, 0) is 11.3 Å². The Balaban J connectivity index is 1.96. The molecule has 96 valence electrons. The van der Waals surface area contributed by atoms with Crippen LogP contribution in [0.25, 0.3) is 11.0 Å². The number of nitrogens with one attached hydrogen (secondary N) is 2. The Hall–Kier alpha value is -1.84. The van der Waals surface area contributed by atoms with Gasteiger partial charge >= 0.3 is 0 Å². The van der Waals surface area contributed by atoms with Gasteiger partial charge in [0, 0.05) is 6.42 Å². The van der Waals surface area contributed by atoms with Crippen molar-refractivity contribution in [2.24, 2.45) is 5.41 Å². The molecule has 1 heterocycles. The minimum absolute atomic E-state index is 0.0119. The Labute approximate surface area is 107 Å². The molecule has 0 aliphatic carbocycles. The number of para-hydroxylation sites is 2. The summed E-state index contributed by atoms with van der Waals surface area (Å²) in [4.78, 5) is 19.3. The second-order valence-electron chi connectivity index (χ2n) is 5.71. The Morgan fingerprint density at radius 1 is 1.33 bits per heavy atom. The molecule has 0 bridgehead atoms. The number of H-pyrrole nitrogens is 1. The highest BCUT2D eigenvalue weighted by atomic mass is 16.1.